The maximum atomic E-state index is 11.2. The van der Waals surface area contributed by atoms with Gasteiger partial charge in [0.1, 0.15) is 6.04 Å². The molecule has 0 aromatic carbocycles. The highest BCUT2D eigenvalue weighted by molar-refractivity contribution is 7.59. The molecule has 8 nitrogen and oxygen atoms in total. The van der Waals surface area contributed by atoms with Crippen LogP contribution in [-0.2, 0) is 14.2 Å². The first-order valence-electron chi connectivity index (χ1n) is 3.89. The van der Waals surface area contributed by atoms with Gasteiger partial charge in [-0.3, -0.25) is 9.36 Å². The summed E-state index contributed by atoms with van der Waals surface area (Å²) in [6.45, 7) is 0. The van der Waals surface area contributed by atoms with E-state index in [1.807, 2.05) is 0 Å². The van der Waals surface area contributed by atoms with E-state index in [0.717, 1.165) is 0 Å². The Hall–Kier alpha value is -0.950. The van der Waals surface area contributed by atoms with E-state index in [2.05, 4.69) is 0 Å². The molecule has 0 aliphatic rings. The number of nitrogens with two attached hydrogens (primary N) is 1. The lowest BCUT2D eigenvalue weighted by Gasteiger charge is -2.15. The molecule has 0 aliphatic carbocycles. The summed E-state index contributed by atoms with van der Waals surface area (Å²) in [5, 5.41) is 25.4. The third-order valence-electron chi connectivity index (χ3n) is 1.68. The molecule has 0 saturated carbocycles. The monoisotopic (exact) mass is 241 g/mol. The van der Waals surface area contributed by atoms with Crippen molar-refractivity contribution in [1.29, 1.82) is 0 Å². The van der Waals surface area contributed by atoms with Gasteiger partial charge in [-0.05, 0) is 6.42 Å². The van der Waals surface area contributed by atoms with E-state index >= 15 is 0 Å². The Morgan fingerprint density at radius 1 is 1.27 bits per heavy atom. The van der Waals surface area contributed by atoms with Crippen molar-refractivity contribution < 1.29 is 34.4 Å². The van der Waals surface area contributed by atoms with Crippen LogP contribution in [0.2, 0.25) is 0 Å². The van der Waals surface area contributed by atoms with E-state index in [0.29, 0.717) is 0 Å². The van der Waals surface area contributed by atoms with Crippen LogP contribution in [0.1, 0.15) is 6.42 Å². The molecule has 0 saturated heterocycles. The van der Waals surface area contributed by atoms with Crippen LogP contribution >= 0.6 is 7.37 Å². The molecule has 0 rings (SSSR count). The van der Waals surface area contributed by atoms with E-state index in [1.54, 1.807) is 0 Å². The maximum absolute atomic E-state index is 11.2. The zero-order valence-corrected chi connectivity index (χ0v) is 8.50. The first-order valence-corrected chi connectivity index (χ1v) is 5.80. The molecular formula is C6H12NO7P. The fraction of sp³-hybridized carbons (Fsp3) is 0.667. The Balaban J connectivity index is 4.34. The van der Waals surface area contributed by atoms with Crippen LogP contribution in [0.4, 0.5) is 0 Å². The second-order valence-electron chi connectivity index (χ2n) is 2.92. The molecular weight excluding hydrogens is 229 g/mol. The summed E-state index contributed by atoms with van der Waals surface area (Å²) in [6, 6.07) is -1.36. The van der Waals surface area contributed by atoms with Gasteiger partial charge < -0.3 is 25.9 Å². The molecule has 0 aromatic heterocycles. The second-order valence-corrected chi connectivity index (χ2v) is 5.37. The van der Waals surface area contributed by atoms with Crippen LogP contribution in [-0.4, -0.2) is 50.2 Å². The summed E-state index contributed by atoms with van der Waals surface area (Å²) in [5.74, 6) is -5.59. The quantitative estimate of drug-likeness (QED) is 0.350. The summed E-state index contributed by atoms with van der Waals surface area (Å²) >= 11 is 0. The van der Waals surface area contributed by atoms with Crippen LogP contribution < -0.4 is 5.73 Å². The number of rotatable bonds is 6. The average molecular weight is 241 g/mol. The minimum Gasteiger partial charge on any atom is -0.480 e. The van der Waals surface area contributed by atoms with Crippen molar-refractivity contribution in [2.45, 2.75) is 18.3 Å². The predicted molar refractivity (Wildman–Crippen MR) is 48.6 cm³/mol. The summed E-state index contributed by atoms with van der Waals surface area (Å²) in [5.41, 5.74) is 5.04. The molecule has 3 atom stereocenters. The molecule has 9 heteroatoms. The third kappa shape index (κ3) is 4.39. The molecule has 0 spiro atoms. The van der Waals surface area contributed by atoms with Crippen LogP contribution in [0, 0.1) is 0 Å². The highest BCUT2D eigenvalue weighted by Gasteiger charge is 2.35. The lowest BCUT2D eigenvalue weighted by atomic mass is 10.2. The van der Waals surface area contributed by atoms with Gasteiger partial charge in [-0.1, -0.05) is 0 Å². The third-order valence-corrected chi connectivity index (χ3v) is 3.56. The Kier molecular flexibility index (Phi) is 4.89. The molecule has 0 amide bonds. The van der Waals surface area contributed by atoms with Crippen molar-refractivity contribution in [3.05, 3.63) is 0 Å². The predicted octanol–water partition coefficient (Wildman–Crippen LogP) is -1.54. The molecule has 0 aromatic rings. The summed E-state index contributed by atoms with van der Waals surface area (Å²) in [6.07, 6.45) is -1.04. The Morgan fingerprint density at radius 3 is 2.07 bits per heavy atom. The fourth-order valence-electron chi connectivity index (χ4n) is 0.742. The van der Waals surface area contributed by atoms with Crippen LogP contribution in [0.15, 0.2) is 0 Å². The smallest absolute Gasteiger partial charge is 0.342 e. The van der Waals surface area contributed by atoms with Crippen LogP contribution in [0.25, 0.3) is 0 Å². The molecule has 0 heterocycles. The Bertz CT molecular complexity index is 304. The van der Waals surface area contributed by atoms with Crippen LogP contribution in [0.5, 0.6) is 0 Å². The zero-order valence-electron chi connectivity index (χ0n) is 7.61. The minimum atomic E-state index is -4.32. The van der Waals surface area contributed by atoms with Crippen molar-refractivity contribution in [2.24, 2.45) is 5.73 Å². The minimum absolute atomic E-state index is 0.381. The van der Waals surface area contributed by atoms with Gasteiger partial charge >= 0.3 is 11.9 Å². The van der Waals surface area contributed by atoms with E-state index in [1.165, 1.54) is 0 Å². The Morgan fingerprint density at radius 2 is 1.73 bits per heavy atom. The highest BCUT2D eigenvalue weighted by Crippen LogP contribution is 2.45. The molecule has 0 bridgehead atoms. The van der Waals surface area contributed by atoms with Gasteiger partial charge in [0.2, 0.25) is 13.2 Å². The molecule has 0 fully saturated rings. The largest absolute Gasteiger partial charge is 0.480 e. The lowest BCUT2D eigenvalue weighted by Crippen LogP contribution is -2.32. The molecule has 2 unspecified atom stereocenters. The summed E-state index contributed by atoms with van der Waals surface area (Å²) in [7, 11) is -4.32. The van der Waals surface area contributed by atoms with Crippen LogP contribution in [0.3, 0.4) is 0 Å². The SMILES string of the molecule is N[C@@H](CCP(=O)(O)C(O)C(=O)O)C(=O)O. The van der Waals surface area contributed by atoms with E-state index in [9.17, 15) is 14.2 Å². The first kappa shape index (κ1) is 14.1. The topological polar surface area (TPSA) is 158 Å². The average Bonchev–Trinajstić information content (AvgIpc) is 2.12. The number of carbonyl (C=O) groups is 2. The Labute approximate surface area is 84.8 Å². The molecule has 88 valence electrons. The number of hydrogen-bond acceptors (Lipinski definition) is 5. The van der Waals surface area contributed by atoms with Gasteiger partial charge in [-0.25, -0.2) is 4.79 Å². The number of aliphatic carboxylic acids is 2. The molecule has 15 heavy (non-hydrogen) atoms. The van der Waals surface area contributed by atoms with Gasteiger partial charge in [0.15, 0.2) is 0 Å². The van der Waals surface area contributed by atoms with Crippen molar-refractivity contribution in [3.63, 3.8) is 0 Å². The number of carboxylic acids is 2. The van der Waals surface area contributed by atoms with Crippen molar-refractivity contribution in [1.82, 2.24) is 0 Å². The lowest BCUT2D eigenvalue weighted by molar-refractivity contribution is -0.142. The summed E-state index contributed by atoms with van der Waals surface area (Å²) < 4.78 is 11.2. The zero-order chi connectivity index (χ0) is 12.2. The van der Waals surface area contributed by atoms with Gasteiger partial charge in [-0.2, -0.15) is 0 Å². The van der Waals surface area contributed by atoms with E-state index in [4.69, 9.17) is 25.9 Å². The van der Waals surface area contributed by atoms with Crippen molar-refractivity contribution in [3.8, 4) is 0 Å². The number of hydrogen-bond donors (Lipinski definition) is 5. The molecule has 6 N–H and O–H groups in total. The summed E-state index contributed by atoms with van der Waals surface area (Å²) in [4.78, 5) is 29.5. The first-order chi connectivity index (χ1) is 6.68. The molecule has 0 radical (unpaired) electrons. The normalized spacial score (nSPS) is 18.9. The van der Waals surface area contributed by atoms with Gasteiger partial charge in [0.05, 0.1) is 0 Å². The van der Waals surface area contributed by atoms with Gasteiger partial charge in [0, 0.05) is 6.16 Å². The maximum Gasteiger partial charge on any atom is 0.342 e. The number of aliphatic hydroxyl groups excluding tert-OH is 1. The fourth-order valence-corrected chi connectivity index (χ4v) is 1.98. The number of aliphatic hydroxyl groups is 1. The number of carboxylic acid groups (broad SMARTS) is 2. The highest BCUT2D eigenvalue weighted by atomic mass is 31.2. The van der Waals surface area contributed by atoms with Gasteiger partial charge in [0.25, 0.3) is 0 Å². The second kappa shape index (κ2) is 5.22. The standard InChI is InChI=1S/C6H12NO7P/c7-3(4(8)9)1-2-15(13,14)6(12)5(10)11/h3,6,12H,1-2,7H2,(H,8,9)(H,10,11)(H,13,14)/t3-,6?/m0/s1. The van der Waals surface area contributed by atoms with Gasteiger partial charge in [-0.15, -0.1) is 0 Å². The van der Waals surface area contributed by atoms with E-state index in [-0.39, 0.29) is 6.42 Å². The van der Waals surface area contributed by atoms with Crippen molar-refractivity contribution in [2.75, 3.05) is 6.16 Å². The van der Waals surface area contributed by atoms with E-state index < -0.39 is 37.4 Å². The molecule has 0 aliphatic heterocycles. The van der Waals surface area contributed by atoms with Crippen molar-refractivity contribution >= 4 is 19.3 Å².